The van der Waals surface area contributed by atoms with Gasteiger partial charge in [-0.25, -0.2) is 4.39 Å². The molecule has 164 valence electrons. The van der Waals surface area contributed by atoms with Gasteiger partial charge in [-0.3, -0.25) is 9.78 Å². The normalized spacial score (nSPS) is 24.8. The fraction of sp³-hybridized carbons (Fsp3) is 0.333. The summed E-state index contributed by atoms with van der Waals surface area (Å²) in [7, 11) is 0. The molecule has 2 aromatic carbocycles. The topological polar surface area (TPSA) is 42.0 Å². The Morgan fingerprint density at radius 2 is 1.97 bits per heavy atom. The zero-order valence-corrected chi connectivity index (χ0v) is 18.8. The molecule has 1 fully saturated rings. The van der Waals surface area contributed by atoms with E-state index in [1.807, 2.05) is 18.3 Å². The van der Waals surface area contributed by atoms with Crippen molar-refractivity contribution in [2.24, 2.45) is 17.8 Å². The van der Waals surface area contributed by atoms with Crippen molar-refractivity contribution in [1.82, 2.24) is 4.98 Å². The monoisotopic (exact) mass is 448 g/mol. The first-order chi connectivity index (χ1) is 15.5. The fourth-order valence-electron chi connectivity index (χ4n) is 5.71. The number of pyridine rings is 1. The molecule has 0 radical (unpaired) electrons. The number of anilines is 1. The first-order valence-electron chi connectivity index (χ1n) is 11.3. The summed E-state index contributed by atoms with van der Waals surface area (Å²) in [5, 5.41) is 4.55. The smallest absolute Gasteiger partial charge is 0.228 e. The molecule has 3 aromatic rings. The molecule has 0 bridgehead atoms. The highest BCUT2D eigenvalue weighted by Crippen LogP contribution is 2.50. The molecule has 32 heavy (non-hydrogen) atoms. The van der Waals surface area contributed by atoms with Crippen molar-refractivity contribution >= 4 is 34.1 Å². The van der Waals surface area contributed by atoms with Gasteiger partial charge in [0.15, 0.2) is 0 Å². The van der Waals surface area contributed by atoms with Crippen LogP contribution in [0.2, 0.25) is 5.02 Å². The summed E-state index contributed by atoms with van der Waals surface area (Å²) >= 11 is 5.92. The lowest BCUT2D eigenvalue weighted by atomic mass is 9.67. The van der Waals surface area contributed by atoms with Gasteiger partial charge in [0, 0.05) is 28.7 Å². The summed E-state index contributed by atoms with van der Waals surface area (Å²) in [5.41, 5.74) is 4.04. The van der Waals surface area contributed by atoms with Crippen molar-refractivity contribution < 1.29 is 9.18 Å². The largest absolute Gasteiger partial charge is 0.326 e. The van der Waals surface area contributed by atoms with Crippen LogP contribution >= 0.6 is 11.6 Å². The molecule has 1 saturated carbocycles. The number of amides is 1. The number of aromatic nitrogens is 1. The first-order valence-corrected chi connectivity index (χ1v) is 11.6. The number of halogens is 2. The highest BCUT2D eigenvalue weighted by atomic mass is 35.5. The Morgan fingerprint density at radius 1 is 1.16 bits per heavy atom. The molecule has 2 aliphatic carbocycles. The number of nitrogens with zero attached hydrogens (tertiary/aromatic N) is 1. The summed E-state index contributed by atoms with van der Waals surface area (Å²) in [5.74, 6) is 1.73. The molecule has 1 heterocycles. The minimum atomic E-state index is -0.218. The number of allylic oxidation sites excluding steroid dienone is 1. The van der Waals surface area contributed by atoms with E-state index in [0.717, 1.165) is 35.9 Å². The molecule has 0 spiro atoms. The molecule has 5 rings (SSSR count). The van der Waals surface area contributed by atoms with Crippen molar-refractivity contribution in [2.45, 2.75) is 38.5 Å². The van der Waals surface area contributed by atoms with E-state index < -0.39 is 0 Å². The number of carbonyl (C=O) groups excluding carboxylic acids is 1. The van der Waals surface area contributed by atoms with Gasteiger partial charge in [0.05, 0.1) is 5.52 Å². The van der Waals surface area contributed by atoms with Crippen LogP contribution in [0.4, 0.5) is 10.1 Å². The lowest BCUT2D eigenvalue weighted by molar-refractivity contribution is -0.115. The Morgan fingerprint density at radius 3 is 2.78 bits per heavy atom. The third-order valence-corrected chi connectivity index (χ3v) is 7.34. The Labute approximate surface area is 192 Å². The molecular weight excluding hydrogens is 423 g/mol. The van der Waals surface area contributed by atoms with Gasteiger partial charge in [-0.2, -0.15) is 0 Å². The number of hydrogen-bond donors (Lipinski definition) is 1. The maximum atomic E-state index is 13.9. The molecule has 0 aliphatic heterocycles. The summed E-state index contributed by atoms with van der Waals surface area (Å²) in [6, 6.07) is 14.1. The maximum Gasteiger partial charge on any atom is 0.228 e. The second kappa shape index (κ2) is 8.67. The Kier molecular flexibility index (Phi) is 5.73. The van der Waals surface area contributed by atoms with Crippen LogP contribution in [0.15, 0.2) is 66.4 Å². The van der Waals surface area contributed by atoms with Gasteiger partial charge in [0.25, 0.3) is 0 Å². The minimum absolute atomic E-state index is 0.0111. The fourth-order valence-corrected chi connectivity index (χ4v) is 5.84. The van der Waals surface area contributed by atoms with Crippen molar-refractivity contribution in [3.05, 3.63) is 82.8 Å². The van der Waals surface area contributed by atoms with E-state index in [9.17, 15) is 9.18 Å². The van der Waals surface area contributed by atoms with Gasteiger partial charge < -0.3 is 5.32 Å². The van der Waals surface area contributed by atoms with E-state index in [2.05, 4.69) is 29.4 Å². The van der Waals surface area contributed by atoms with E-state index in [-0.39, 0.29) is 11.7 Å². The summed E-state index contributed by atoms with van der Waals surface area (Å²) < 4.78 is 13.9. The van der Waals surface area contributed by atoms with E-state index in [4.69, 9.17) is 11.6 Å². The summed E-state index contributed by atoms with van der Waals surface area (Å²) in [4.78, 5) is 17.0. The quantitative estimate of drug-likeness (QED) is 0.431. The zero-order chi connectivity index (χ0) is 22.2. The van der Waals surface area contributed by atoms with Gasteiger partial charge in [-0.05, 0) is 97.0 Å². The van der Waals surface area contributed by atoms with Gasteiger partial charge in [-0.15, -0.1) is 0 Å². The Balaban J connectivity index is 1.28. The van der Waals surface area contributed by atoms with Crippen LogP contribution in [-0.4, -0.2) is 10.9 Å². The lowest BCUT2D eigenvalue weighted by Gasteiger charge is -2.37. The molecule has 3 nitrogen and oxygen atoms in total. The molecule has 1 amide bonds. The van der Waals surface area contributed by atoms with Gasteiger partial charge in [-0.1, -0.05) is 30.2 Å². The summed E-state index contributed by atoms with van der Waals surface area (Å²) in [6.07, 6.45) is 7.69. The van der Waals surface area contributed by atoms with Crippen LogP contribution in [0.3, 0.4) is 0 Å². The summed E-state index contributed by atoms with van der Waals surface area (Å²) in [6.45, 7) is 2.31. The van der Waals surface area contributed by atoms with Crippen LogP contribution in [0.5, 0.6) is 0 Å². The SMILES string of the molecule is C[C@H]1C[C@@H](c2ccnc3ccc(F)cc23)C[C@H]2CC(CC(=O)Nc3ccc(Cl)cc3)=C[C@H]21. The van der Waals surface area contributed by atoms with Crippen molar-refractivity contribution in [3.63, 3.8) is 0 Å². The number of benzene rings is 2. The van der Waals surface area contributed by atoms with Gasteiger partial charge >= 0.3 is 0 Å². The van der Waals surface area contributed by atoms with Gasteiger partial charge in [0.1, 0.15) is 5.82 Å². The minimum Gasteiger partial charge on any atom is -0.326 e. The number of fused-ring (bicyclic) bond motifs is 2. The molecule has 1 aromatic heterocycles. The first kappa shape index (κ1) is 21.1. The van der Waals surface area contributed by atoms with E-state index >= 15 is 0 Å². The van der Waals surface area contributed by atoms with Crippen LogP contribution < -0.4 is 5.32 Å². The molecule has 0 unspecified atom stereocenters. The average Bonchev–Trinajstić information content (AvgIpc) is 3.17. The Bertz CT molecular complexity index is 1190. The van der Waals surface area contributed by atoms with Crippen molar-refractivity contribution in [1.29, 1.82) is 0 Å². The Hall–Kier alpha value is -2.72. The molecule has 0 saturated heterocycles. The predicted molar refractivity (Wildman–Crippen MR) is 127 cm³/mol. The molecule has 5 heteroatoms. The standard InChI is InChI=1S/C27H26ClFN2O/c1-16-10-18(23-8-9-30-26-7-4-21(29)15-25(23)26)14-19-11-17(12-24(16)19)13-27(32)31-22-5-2-20(28)3-6-22/h2-9,12,15-16,18-19,24H,10-11,13-14H2,1H3,(H,31,32)/t16-,18+,19+,24-/m0/s1. The maximum absolute atomic E-state index is 13.9. The van der Waals surface area contributed by atoms with E-state index in [1.54, 1.807) is 24.3 Å². The van der Waals surface area contributed by atoms with Crippen molar-refractivity contribution in [2.75, 3.05) is 5.32 Å². The van der Waals surface area contributed by atoms with Crippen molar-refractivity contribution in [3.8, 4) is 0 Å². The predicted octanol–water partition coefficient (Wildman–Crippen LogP) is 7.13. The molecular formula is C27H26ClFN2O. The van der Waals surface area contributed by atoms with E-state index in [1.165, 1.54) is 17.2 Å². The second-order valence-corrected chi connectivity index (χ2v) is 9.74. The third-order valence-electron chi connectivity index (χ3n) is 7.09. The second-order valence-electron chi connectivity index (χ2n) is 9.31. The number of nitrogens with one attached hydrogen (secondary N) is 1. The van der Waals surface area contributed by atoms with Crippen LogP contribution in [0, 0.1) is 23.6 Å². The average molecular weight is 449 g/mol. The highest BCUT2D eigenvalue weighted by Gasteiger charge is 2.39. The zero-order valence-electron chi connectivity index (χ0n) is 18.0. The third kappa shape index (κ3) is 4.29. The highest BCUT2D eigenvalue weighted by molar-refractivity contribution is 6.30. The van der Waals surface area contributed by atoms with Gasteiger partial charge in [0.2, 0.25) is 5.91 Å². The van der Waals surface area contributed by atoms with Crippen LogP contribution in [0.25, 0.3) is 10.9 Å². The molecule has 1 N–H and O–H groups in total. The molecule has 2 aliphatic rings. The van der Waals surface area contributed by atoms with E-state index in [0.29, 0.717) is 35.1 Å². The van der Waals surface area contributed by atoms with Crippen LogP contribution in [0.1, 0.15) is 44.1 Å². The number of carbonyl (C=O) groups is 1. The number of rotatable bonds is 4. The molecule has 4 atom stereocenters. The van der Waals surface area contributed by atoms with Crippen LogP contribution in [-0.2, 0) is 4.79 Å². The number of hydrogen-bond acceptors (Lipinski definition) is 2. The lowest BCUT2D eigenvalue weighted by Crippen LogP contribution is -2.27.